The van der Waals surface area contributed by atoms with Crippen molar-refractivity contribution >= 4 is 0 Å². The van der Waals surface area contributed by atoms with Crippen LogP contribution in [0.15, 0.2) is 0 Å². The fourth-order valence-corrected chi connectivity index (χ4v) is 0. The van der Waals surface area contributed by atoms with Gasteiger partial charge in [0, 0.05) is 0 Å². The maximum absolute atomic E-state index is 2.12. The van der Waals surface area contributed by atoms with Crippen LogP contribution in [0.3, 0.4) is 0 Å². The lowest BCUT2D eigenvalue weighted by Crippen LogP contribution is -3.00. The number of halogens is 1. The Bertz CT molecular complexity index is 23.0. The molecule has 0 bridgehead atoms. The second kappa shape index (κ2) is 2.80. The third-order valence-electron chi connectivity index (χ3n) is 0. The predicted octanol–water partition coefficient (Wildman–Crippen LogP) is -3.21. The first-order chi connectivity index (χ1) is 2.00. The third-order valence-corrected chi connectivity index (χ3v) is 0. The molecule has 0 saturated carbocycles. The summed E-state index contributed by atoms with van der Waals surface area (Å²) >= 11 is 0. The van der Waals surface area contributed by atoms with Gasteiger partial charge in [0.05, 0.1) is 28.2 Å². The van der Waals surface area contributed by atoms with Crippen molar-refractivity contribution in [2.75, 3.05) is 28.2 Å². The van der Waals surface area contributed by atoms with Crippen LogP contribution >= 0.6 is 0 Å². The summed E-state index contributed by atoms with van der Waals surface area (Å²) in [4.78, 5) is 0. The maximum Gasteiger partial charge on any atom is 0.235 e. The molecule has 0 radical (unpaired) electrons. The van der Waals surface area contributed by atoms with Crippen LogP contribution in [0.25, 0.3) is 0 Å². The first kappa shape index (κ1) is 9.85. The van der Waals surface area contributed by atoms with E-state index in [9.17, 15) is 0 Å². The highest BCUT2D eigenvalue weighted by Crippen LogP contribution is 1.73. The molecule has 0 rings (SSSR count). The van der Waals surface area contributed by atoms with Crippen LogP contribution in [0.2, 0.25) is 0 Å². The summed E-state index contributed by atoms with van der Waals surface area (Å²) in [6.45, 7) is 0. The molecule has 0 aromatic rings. The van der Waals surface area contributed by atoms with Crippen molar-refractivity contribution in [3.63, 3.8) is 0 Å². The van der Waals surface area contributed by atoms with E-state index in [0.717, 1.165) is 4.48 Å². The van der Waals surface area contributed by atoms with E-state index in [4.69, 9.17) is 0 Å². The standard InChI is InChI=1S/C4H12N.H2I/c1-5(2,3)4;/h1-4H3;1H2/q2*+1. The zero-order valence-electron chi connectivity index (χ0n) is 4.89. The quantitative estimate of drug-likeness (QED) is 0.287. The molecular formula is C4H14IN+2. The lowest BCUT2D eigenvalue weighted by atomic mass is 10.8. The second-order valence-electron chi connectivity index (χ2n) is 2.68. The van der Waals surface area contributed by atoms with Gasteiger partial charge in [0.2, 0.25) is 24.0 Å². The van der Waals surface area contributed by atoms with E-state index < -0.39 is 0 Å². The average molecular weight is 203 g/mol. The van der Waals surface area contributed by atoms with Gasteiger partial charge in [-0.1, -0.05) is 0 Å². The Balaban J connectivity index is 0. The summed E-state index contributed by atoms with van der Waals surface area (Å²) < 4.78 is 1.00. The summed E-state index contributed by atoms with van der Waals surface area (Å²) in [6.07, 6.45) is 0. The Morgan fingerprint density at radius 2 is 0.833 bits per heavy atom. The highest BCUT2D eigenvalue weighted by molar-refractivity contribution is 3.87. The van der Waals surface area contributed by atoms with E-state index in [1.165, 1.54) is 0 Å². The van der Waals surface area contributed by atoms with E-state index in [-0.39, 0.29) is 24.0 Å². The van der Waals surface area contributed by atoms with Crippen molar-refractivity contribution in [2.24, 2.45) is 0 Å². The van der Waals surface area contributed by atoms with Crippen LogP contribution in [0.4, 0.5) is 0 Å². The fourth-order valence-electron chi connectivity index (χ4n) is 0. The lowest BCUT2D eigenvalue weighted by Gasteiger charge is -2.14. The van der Waals surface area contributed by atoms with Gasteiger partial charge in [-0.15, -0.1) is 0 Å². The molecule has 0 aliphatic heterocycles. The van der Waals surface area contributed by atoms with Crippen molar-refractivity contribution in [3.8, 4) is 0 Å². The molecule has 40 valence electrons. The van der Waals surface area contributed by atoms with Crippen molar-refractivity contribution < 1.29 is 28.5 Å². The molecule has 0 spiro atoms. The SMILES string of the molecule is C[N+](C)(C)C.[IH2+]. The zero-order valence-corrected chi connectivity index (χ0v) is 7.45. The Morgan fingerprint density at radius 1 is 0.833 bits per heavy atom. The molecule has 0 aliphatic carbocycles. The fraction of sp³-hybridized carbons (Fsp3) is 1.00. The van der Waals surface area contributed by atoms with Crippen molar-refractivity contribution in [2.45, 2.75) is 0 Å². The molecule has 0 aliphatic rings. The van der Waals surface area contributed by atoms with Gasteiger partial charge in [-0.3, -0.25) is 0 Å². The zero-order chi connectivity index (χ0) is 4.50. The second-order valence-corrected chi connectivity index (χ2v) is 2.68. The number of rotatable bonds is 0. The molecule has 0 amide bonds. The molecule has 0 N–H and O–H groups in total. The van der Waals surface area contributed by atoms with Crippen LogP contribution < -0.4 is 24.0 Å². The summed E-state index contributed by atoms with van der Waals surface area (Å²) in [6, 6.07) is 0. The largest absolute Gasteiger partial charge is 0.333 e. The summed E-state index contributed by atoms with van der Waals surface area (Å²) in [5.74, 6) is 0. The minimum atomic E-state index is 0. The first-order valence-electron chi connectivity index (χ1n) is 1.79. The van der Waals surface area contributed by atoms with E-state index >= 15 is 0 Å². The highest BCUT2D eigenvalue weighted by Gasteiger charge is 1.88. The number of nitrogens with zero attached hydrogens (tertiary/aromatic N) is 1. The van der Waals surface area contributed by atoms with E-state index in [0.29, 0.717) is 0 Å². The maximum atomic E-state index is 2.12. The van der Waals surface area contributed by atoms with Crippen LogP contribution in [-0.2, 0) is 0 Å². The molecule has 0 aromatic carbocycles. The first-order valence-corrected chi connectivity index (χ1v) is 1.79. The Hall–Kier alpha value is 0.690. The highest BCUT2D eigenvalue weighted by atomic mass is 127. The van der Waals surface area contributed by atoms with Gasteiger partial charge < -0.3 is 4.48 Å². The van der Waals surface area contributed by atoms with Crippen molar-refractivity contribution in [1.82, 2.24) is 0 Å². The predicted molar refractivity (Wildman–Crippen MR) is 26.7 cm³/mol. The molecule has 0 atom stereocenters. The molecular weight excluding hydrogens is 189 g/mol. The van der Waals surface area contributed by atoms with Crippen LogP contribution in [0.1, 0.15) is 0 Å². The summed E-state index contributed by atoms with van der Waals surface area (Å²) in [5, 5.41) is 0. The molecule has 0 heterocycles. The van der Waals surface area contributed by atoms with Crippen molar-refractivity contribution in [1.29, 1.82) is 0 Å². The summed E-state index contributed by atoms with van der Waals surface area (Å²) in [7, 11) is 8.50. The van der Waals surface area contributed by atoms with E-state index in [1.807, 2.05) is 0 Å². The van der Waals surface area contributed by atoms with Gasteiger partial charge >= 0.3 is 0 Å². The van der Waals surface area contributed by atoms with E-state index in [2.05, 4.69) is 28.2 Å². The molecule has 0 saturated heterocycles. The molecule has 0 unspecified atom stereocenters. The molecule has 1 nitrogen and oxygen atoms in total. The smallest absolute Gasteiger partial charge is 0.235 e. The Kier molecular flexibility index (Phi) is 4.59. The Morgan fingerprint density at radius 3 is 0.833 bits per heavy atom. The van der Waals surface area contributed by atoms with Gasteiger partial charge in [-0.25, -0.2) is 0 Å². The Labute approximate surface area is 56.9 Å². The topological polar surface area (TPSA) is 0 Å². The monoisotopic (exact) mass is 203 g/mol. The number of quaternary nitrogens is 1. The number of hydrogen-bond donors (Lipinski definition) is 0. The normalized spacial score (nSPS) is 10.0. The van der Waals surface area contributed by atoms with E-state index in [1.54, 1.807) is 0 Å². The number of hydrogen-bond acceptors (Lipinski definition) is 0. The van der Waals surface area contributed by atoms with Gasteiger partial charge in [-0.05, 0) is 0 Å². The molecule has 2 heteroatoms. The molecule has 0 aromatic heterocycles. The molecule has 0 fully saturated rings. The lowest BCUT2D eigenvalue weighted by molar-refractivity contribution is -0.849. The van der Waals surface area contributed by atoms with Crippen LogP contribution in [0.5, 0.6) is 0 Å². The van der Waals surface area contributed by atoms with Crippen molar-refractivity contribution in [3.05, 3.63) is 0 Å². The average Bonchev–Trinajstić information content (AvgIpc) is 0.722. The molecule has 6 heavy (non-hydrogen) atoms. The van der Waals surface area contributed by atoms with Gasteiger partial charge in [0.15, 0.2) is 0 Å². The third kappa shape index (κ3) is 134. The van der Waals surface area contributed by atoms with Gasteiger partial charge in [0.1, 0.15) is 0 Å². The minimum absolute atomic E-state index is 0. The summed E-state index contributed by atoms with van der Waals surface area (Å²) in [5.41, 5.74) is 0. The van der Waals surface area contributed by atoms with Crippen LogP contribution in [0, 0.1) is 0 Å². The van der Waals surface area contributed by atoms with Gasteiger partial charge in [0.25, 0.3) is 0 Å². The minimum Gasteiger partial charge on any atom is -0.333 e. The van der Waals surface area contributed by atoms with Gasteiger partial charge in [-0.2, -0.15) is 0 Å². The van der Waals surface area contributed by atoms with Crippen LogP contribution in [-0.4, -0.2) is 32.7 Å².